The third kappa shape index (κ3) is 5.53. The Morgan fingerprint density at radius 3 is 2.36 bits per heavy atom. The quantitative estimate of drug-likeness (QED) is 0.225. The van der Waals surface area contributed by atoms with E-state index in [9.17, 15) is 32.6 Å². The molecule has 1 amide bonds. The van der Waals surface area contributed by atoms with E-state index >= 15 is 0 Å². The molecule has 232 valence electrons. The number of aliphatic hydroxyl groups is 2. The van der Waals surface area contributed by atoms with E-state index in [1.165, 1.54) is 31.4 Å². The number of amides is 1. The molecule has 0 radical (unpaired) electrons. The van der Waals surface area contributed by atoms with Crippen molar-refractivity contribution >= 4 is 16.8 Å². The predicted octanol–water partition coefficient (Wildman–Crippen LogP) is 4.42. The number of rotatable bonds is 7. The first-order valence-corrected chi connectivity index (χ1v) is 13.5. The summed E-state index contributed by atoms with van der Waals surface area (Å²) in [4.78, 5) is 21.7. The highest BCUT2D eigenvalue weighted by Gasteiger charge is 2.57. The van der Waals surface area contributed by atoms with Crippen molar-refractivity contribution in [1.82, 2.24) is 15.3 Å². The zero-order chi connectivity index (χ0) is 32.2. The Morgan fingerprint density at radius 2 is 1.75 bits per heavy atom. The monoisotopic (exact) mass is 614 g/mol. The Morgan fingerprint density at radius 1 is 1.07 bits per heavy atom. The lowest BCUT2D eigenvalue weighted by Crippen LogP contribution is -2.51. The van der Waals surface area contributed by atoms with E-state index < -0.39 is 46.9 Å². The smallest absolute Gasteiger partial charge is 0.424 e. The highest BCUT2D eigenvalue weighted by Crippen LogP contribution is 2.46. The van der Waals surface area contributed by atoms with Crippen molar-refractivity contribution < 1.29 is 42.0 Å². The van der Waals surface area contributed by atoms with Crippen molar-refractivity contribution in [2.45, 2.75) is 43.7 Å². The summed E-state index contributed by atoms with van der Waals surface area (Å²) < 4.78 is 68.6. The van der Waals surface area contributed by atoms with Gasteiger partial charge in [-0.1, -0.05) is 6.07 Å². The van der Waals surface area contributed by atoms with Crippen LogP contribution >= 0.6 is 0 Å². The first-order chi connectivity index (χ1) is 20.4. The molecule has 2 atom stereocenters. The number of fused-ring (bicyclic) bond motifs is 2. The standard InChI is InChI=1S/C31H30F4N4O5/c1-28(2,41)22-10-7-17-11-18(12-21(43-4)24(17)38-22)27(40)37-14-30(42,31(33,34)35)23-13-20-26(44-15-29(20,3)36)25(39-23)16-5-8-19(32)9-6-16/h5-13,41-42H,14-15,36H2,1-4H3,(H,37,40)/t29-,30?/m1/s1. The lowest BCUT2D eigenvalue weighted by Gasteiger charge is -2.31. The van der Waals surface area contributed by atoms with E-state index in [-0.39, 0.29) is 40.5 Å². The molecule has 0 saturated heterocycles. The fourth-order valence-electron chi connectivity index (χ4n) is 4.89. The first-order valence-electron chi connectivity index (χ1n) is 13.5. The Labute approximate surface area is 249 Å². The van der Waals surface area contributed by atoms with Gasteiger partial charge in [0.05, 0.1) is 30.6 Å². The summed E-state index contributed by atoms with van der Waals surface area (Å²) in [6.45, 7) is 3.28. The molecule has 0 fully saturated rings. The van der Waals surface area contributed by atoms with Crippen molar-refractivity contribution in [3.8, 4) is 22.8 Å². The van der Waals surface area contributed by atoms with Crippen LogP contribution in [0.4, 0.5) is 17.6 Å². The van der Waals surface area contributed by atoms with E-state index in [1.54, 1.807) is 32.9 Å². The van der Waals surface area contributed by atoms with Crippen LogP contribution in [-0.4, -0.2) is 52.5 Å². The third-order valence-electron chi connectivity index (χ3n) is 7.49. The van der Waals surface area contributed by atoms with Crippen molar-refractivity contribution in [3.05, 3.63) is 82.9 Å². The van der Waals surface area contributed by atoms with Crippen LogP contribution in [-0.2, 0) is 16.7 Å². The largest absolute Gasteiger partial charge is 0.494 e. The molecular weight excluding hydrogens is 584 g/mol. The number of alkyl halides is 3. The van der Waals surface area contributed by atoms with Crippen molar-refractivity contribution in [2.24, 2.45) is 5.73 Å². The Balaban J connectivity index is 1.53. The van der Waals surface area contributed by atoms with E-state index in [0.717, 1.165) is 18.2 Å². The number of pyridine rings is 2. The highest BCUT2D eigenvalue weighted by molar-refractivity contribution is 6.00. The van der Waals surface area contributed by atoms with Crippen LogP contribution in [0.15, 0.2) is 54.6 Å². The van der Waals surface area contributed by atoms with Crippen LogP contribution in [0.3, 0.4) is 0 Å². The van der Waals surface area contributed by atoms with Gasteiger partial charge in [-0.2, -0.15) is 13.2 Å². The van der Waals surface area contributed by atoms with Crippen LogP contribution in [0.25, 0.3) is 22.2 Å². The number of hydrogen-bond donors (Lipinski definition) is 4. The molecule has 44 heavy (non-hydrogen) atoms. The van der Waals surface area contributed by atoms with Gasteiger partial charge in [-0.05, 0) is 69.3 Å². The molecule has 5 rings (SSSR count). The third-order valence-corrected chi connectivity index (χ3v) is 7.49. The van der Waals surface area contributed by atoms with Crippen LogP contribution in [0.2, 0.25) is 0 Å². The molecule has 0 saturated carbocycles. The molecule has 0 aliphatic carbocycles. The normalized spacial score (nSPS) is 18.0. The molecule has 2 aromatic heterocycles. The SMILES string of the molecule is COc1cc(C(=O)NCC(O)(c2cc3c(c(-c4ccc(F)cc4)n2)OC[C@@]3(C)N)C(F)(F)F)cc2ccc(C(C)(C)O)nc12. The number of hydrogen-bond acceptors (Lipinski definition) is 8. The van der Waals surface area contributed by atoms with Crippen LogP contribution in [0.5, 0.6) is 11.5 Å². The fourth-order valence-corrected chi connectivity index (χ4v) is 4.89. The molecule has 2 aromatic carbocycles. The molecule has 5 N–H and O–H groups in total. The van der Waals surface area contributed by atoms with Gasteiger partial charge in [0.25, 0.3) is 5.91 Å². The molecule has 1 aliphatic rings. The molecule has 0 bridgehead atoms. The maximum absolute atomic E-state index is 14.6. The number of benzene rings is 2. The Bertz CT molecular complexity index is 1750. The molecule has 3 heterocycles. The summed E-state index contributed by atoms with van der Waals surface area (Å²) in [5.41, 5.74) is 0.282. The van der Waals surface area contributed by atoms with Gasteiger partial charge >= 0.3 is 6.18 Å². The van der Waals surface area contributed by atoms with Crippen LogP contribution in [0.1, 0.15) is 48.1 Å². The number of nitrogens with two attached hydrogens (primary N) is 1. The van der Waals surface area contributed by atoms with Crippen LogP contribution < -0.4 is 20.5 Å². The highest BCUT2D eigenvalue weighted by atomic mass is 19.4. The van der Waals surface area contributed by atoms with Crippen LogP contribution in [0, 0.1) is 5.82 Å². The average molecular weight is 615 g/mol. The lowest BCUT2D eigenvalue weighted by atomic mass is 9.89. The number of halogens is 4. The number of ether oxygens (including phenoxy) is 2. The molecule has 9 nitrogen and oxygen atoms in total. The van der Waals surface area contributed by atoms with Crippen molar-refractivity contribution in [2.75, 3.05) is 20.3 Å². The van der Waals surface area contributed by atoms with Gasteiger partial charge in [0.1, 0.15) is 35.0 Å². The molecule has 1 unspecified atom stereocenters. The number of aromatic nitrogens is 2. The summed E-state index contributed by atoms with van der Waals surface area (Å²) >= 11 is 0. The number of nitrogens with one attached hydrogen (secondary N) is 1. The number of methoxy groups -OCH3 is 1. The van der Waals surface area contributed by atoms with E-state index in [4.69, 9.17) is 15.2 Å². The maximum atomic E-state index is 14.6. The second kappa shape index (κ2) is 10.7. The fraction of sp³-hybridized carbons (Fsp3) is 0.323. The zero-order valence-electron chi connectivity index (χ0n) is 24.2. The summed E-state index contributed by atoms with van der Waals surface area (Å²) in [6, 6.07) is 11.7. The maximum Gasteiger partial charge on any atom is 0.424 e. The zero-order valence-corrected chi connectivity index (χ0v) is 24.2. The van der Waals surface area contributed by atoms with Crippen molar-refractivity contribution in [3.63, 3.8) is 0 Å². The molecule has 13 heteroatoms. The predicted molar refractivity (Wildman–Crippen MR) is 152 cm³/mol. The Kier molecular flexibility index (Phi) is 7.55. The van der Waals surface area contributed by atoms with Gasteiger partial charge in [-0.15, -0.1) is 0 Å². The summed E-state index contributed by atoms with van der Waals surface area (Å²) in [5, 5.41) is 24.1. The Hall–Kier alpha value is -4.33. The molecule has 0 spiro atoms. The summed E-state index contributed by atoms with van der Waals surface area (Å²) in [6.07, 6.45) is -5.30. The topological polar surface area (TPSA) is 140 Å². The average Bonchev–Trinajstić information content (AvgIpc) is 3.27. The van der Waals surface area contributed by atoms with Gasteiger partial charge < -0.3 is 30.7 Å². The lowest BCUT2D eigenvalue weighted by molar-refractivity contribution is -0.265. The van der Waals surface area contributed by atoms with Gasteiger partial charge in [0.2, 0.25) is 5.60 Å². The second-order valence-corrected chi connectivity index (χ2v) is 11.5. The van der Waals surface area contributed by atoms with E-state index in [1.807, 2.05) is 0 Å². The number of carbonyl (C=O) groups is 1. The number of nitrogens with zero attached hydrogens (tertiary/aromatic N) is 2. The van der Waals surface area contributed by atoms with E-state index in [2.05, 4.69) is 15.3 Å². The van der Waals surface area contributed by atoms with E-state index in [0.29, 0.717) is 16.6 Å². The number of carbonyl (C=O) groups excluding carboxylic acids is 1. The summed E-state index contributed by atoms with van der Waals surface area (Å²) in [5.74, 6) is -1.24. The molecular formula is C31H30F4N4O5. The molecule has 1 aliphatic heterocycles. The van der Waals surface area contributed by atoms with Gasteiger partial charge in [-0.25, -0.2) is 14.4 Å². The molecule has 4 aromatic rings. The van der Waals surface area contributed by atoms with Gasteiger partial charge in [0, 0.05) is 22.1 Å². The first kappa shape index (κ1) is 31.1. The minimum atomic E-state index is -5.30. The minimum absolute atomic E-state index is 0.0615. The summed E-state index contributed by atoms with van der Waals surface area (Å²) in [7, 11) is 1.34. The van der Waals surface area contributed by atoms with Crippen molar-refractivity contribution in [1.29, 1.82) is 0 Å². The van der Waals surface area contributed by atoms with Gasteiger partial charge in [-0.3, -0.25) is 4.79 Å². The minimum Gasteiger partial charge on any atom is -0.494 e. The second-order valence-electron chi connectivity index (χ2n) is 11.5. The van der Waals surface area contributed by atoms with Gasteiger partial charge in [0.15, 0.2) is 5.75 Å².